The molecule has 0 atom stereocenters. The molecular formula is C12H13ClN2OS. The highest BCUT2D eigenvalue weighted by Crippen LogP contribution is 2.32. The van der Waals surface area contributed by atoms with Crippen LogP contribution in [0.3, 0.4) is 0 Å². The van der Waals surface area contributed by atoms with E-state index in [1.165, 1.54) is 11.3 Å². The smallest absolute Gasteiger partial charge is 0.145 e. The van der Waals surface area contributed by atoms with Crippen LogP contribution in [0, 0.1) is 6.92 Å². The van der Waals surface area contributed by atoms with Crippen molar-refractivity contribution in [1.82, 2.24) is 4.98 Å². The van der Waals surface area contributed by atoms with Crippen molar-refractivity contribution in [2.45, 2.75) is 13.5 Å². The SMILES string of the molecule is COc1ccc(-c2nc(Cl)c(CN)s2)cc1C. The van der Waals surface area contributed by atoms with Crippen molar-refractivity contribution in [1.29, 1.82) is 0 Å². The number of thiazole rings is 1. The van der Waals surface area contributed by atoms with Gasteiger partial charge in [-0.25, -0.2) is 4.98 Å². The number of aryl methyl sites for hydroxylation is 1. The molecular weight excluding hydrogens is 256 g/mol. The lowest BCUT2D eigenvalue weighted by atomic mass is 10.1. The van der Waals surface area contributed by atoms with Gasteiger partial charge < -0.3 is 10.5 Å². The molecule has 1 heterocycles. The maximum absolute atomic E-state index is 5.99. The highest BCUT2D eigenvalue weighted by molar-refractivity contribution is 7.15. The molecule has 2 rings (SSSR count). The van der Waals surface area contributed by atoms with Gasteiger partial charge in [-0.2, -0.15) is 0 Å². The molecule has 0 bridgehead atoms. The molecule has 0 saturated carbocycles. The Morgan fingerprint density at radius 2 is 2.24 bits per heavy atom. The lowest BCUT2D eigenvalue weighted by molar-refractivity contribution is 0.412. The van der Waals surface area contributed by atoms with Gasteiger partial charge in [-0.15, -0.1) is 11.3 Å². The molecule has 0 spiro atoms. The first-order valence-corrected chi connectivity index (χ1v) is 6.35. The van der Waals surface area contributed by atoms with E-state index in [-0.39, 0.29) is 0 Å². The Kier molecular flexibility index (Phi) is 3.66. The van der Waals surface area contributed by atoms with Crippen molar-refractivity contribution in [2.75, 3.05) is 7.11 Å². The first kappa shape index (κ1) is 12.4. The molecule has 0 aliphatic carbocycles. The van der Waals surface area contributed by atoms with Crippen LogP contribution in [0.1, 0.15) is 10.4 Å². The van der Waals surface area contributed by atoms with Crippen LogP contribution in [0.2, 0.25) is 5.15 Å². The summed E-state index contributed by atoms with van der Waals surface area (Å²) >= 11 is 7.51. The number of rotatable bonds is 3. The molecule has 0 amide bonds. The number of hydrogen-bond acceptors (Lipinski definition) is 4. The maximum Gasteiger partial charge on any atom is 0.145 e. The number of nitrogens with two attached hydrogens (primary N) is 1. The van der Waals surface area contributed by atoms with E-state index >= 15 is 0 Å². The minimum atomic E-state index is 0.422. The van der Waals surface area contributed by atoms with E-state index in [0.29, 0.717) is 11.7 Å². The lowest BCUT2D eigenvalue weighted by Gasteiger charge is -2.05. The molecule has 1 aromatic heterocycles. The topological polar surface area (TPSA) is 48.1 Å². The van der Waals surface area contributed by atoms with Crippen LogP contribution in [-0.2, 0) is 6.54 Å². The van der Waals surface area contributed by atoms with E-state index in [9.17, 15) is 0 Å². The summed E-state index contributed by atoms with van der Waals surface area (Å²) < 4.78 is 5.22. The van der Waals surface area contributed by atoms with Gasteiger partial charge in [0.1, 0.15) is 15.9 Å². The Bertz CT molecular complexity index is 539. The minimum Gasteiger partial charge on any atom is -0.496 e. The van der Waals surface area contributed by atoms with Crippen molar-refractivity contribution in [3.8, 4) is 16.3 Å². The van der Waals surface area contributed by atoms with Gasteiger partial charge in [0.25, 0.3) is 0 Å². The number of ether oxygens (including phenoxy) is 1. The zero-order chi connectivity index (χ0) is 12.4. The summed E-state index contributed by atoms with van der Waals surface area (Å²) in [5.74, 6) is 0.871. The molecule has 0 aliphatic rings. The van der Waals surface area contributed by atoms with Crippen molar-refractivity contribution in [3.63, 3.8) is 0 Å². The Balaban J connectivity index is 2.42. The largest absolute Gasteiger partial charge is 0.496 e. The van der Waals surface area contributed by atoms with Crippen LogP contribution >= 0.6 is 22.9 Å². The summed E-state index contributed by atoms with van der Waals surface area (Å²) in [6.45, 7) is 2.42. The van der Waals surface area contributed by atoms with Gasteiger partial charge in [0, 0.05) is 12.1 Å². The van der Waals surface area contributed by atoms with Crippen LogP contribution in [0.5, 0.6) is 5.75 Å². The Morgan fingerprint density at radius 3 is 2.76 bits per heavy atom. The molecule has 2 N–H and O–H groups in total. The quantitative estimate of drug-likeness (QED) is 0.930. The van der Waals surface area contributed by atoms with Gasteiger partial charge in [0.05, 0.1) is 12.0 Å². The van der Waals surface area contributed by atoms with Crippen molar-refractivity contribution in [3.05, 3.63) is 33.8 Å². The molecule has 90 valence electrons. The normalized spacial score (nSPS) is 10.6. The van der Waals surface area contributed by atoms with Crippen LogP contribution in [0.4, 0.5) is 0 Å². The second kappa shape index (κ2) is 5.04. The van der Waals surface area contributed by atoms with Crippen molar-refractivity contribution in [2.24, 2.45) is 5.73 Å². The number of nitrogens with zero attached hydrogens (tertiary/aromatic N) is 1. The molecule has 0 saturated heterocycles. The number of halogens is 1. The predicted molar refractivity (Wildman–Crippen MR) is 71.7 cm³/mol. The molecule has 0 unspecified atom stereocenters. The number of benzene rings is 1. The summed E-state index contributed by atoms with van der Waals surface area (Å²) in [4.78, 5) is 5.22. The van der Waals surface area contributed by atoms with Crippen LogP contribution in [-0.4, -0.2) is 12.1 Å². The van der Waals surface area contributed by atoms with Gasteiger partial charge in [-0.3, -0.25) is 0 Å². The summed E-state index contributed by atoms with van der Waals surface area (Å²) in [5, 5.41) is 1.39. The Labute approximate surface area is 109 Å². The second-order valence-corrected chi connectivity index (χ2v) is 5.06. The highest BCUT2D eigenvalue weighted by atomic mass is 35.5. The molecule has 5 heteroatoms. The van der Waals surface area contributed by atoms with Gasteiger partial charge in [-0.05, 0) is 30.7 Å². The molecule has 17 heavy (non-hydrogen) atoms. The summed E-state index contributed by atoms with van der Waals surface area (Å²) in [6.07, 6.45) is 0. The molecule has 2 aromatic rings. The monoisotopic (exact) mass is 268 g/mol. The number of hydrogen-bond donors (Lipinski definition) is 1. The fraction of sp³-hybridized carbons (Fsp3) is 0.250. The Morgan fingerprint density at radius 1 is 1.47 bits per heavy atom. The first-order chi connectivity index (χ1) is 8.15. The fourth-order valence-corrected chi connectivity index (χ4v) is 2.75. The van der Waals surface area contributed by atoms with E-state index < -0.39 is 0 Å². The van der Waals surface area contributed by atoms with E-state index in [4.69, 9.17) is 22.1 Å². The van der Waals surface area contributed by atoms with Crippen molar-refractivity contribution < 1.29 is 4.74 Å². The third kappa shape index (κ3) is 2.44. The standard InChI is InChI=1S/C12H13ClN2OS/c1-7-5-8(3-4-9(7)16-2)12-15-11(13)10(6-14)17-12/h3-5H,6,14H2,1-2H3. The number of aromatic nitrogens is 1. The number of methoxy groups -OCH3 is 1. The Hall–Kier alpha value is -1.10. The molecule has 1 aromatic carbocycles. The average Bonchev–Trinajstić information content (AvgIpc) is 2.70. The third-order valence-corrected chi connectivity index (χ3v) is 4.03. The van der Waals surface area contributed by atoms with Crippen LogP contribution in [0.25, 0.3) is 10.6 Å². The second-order valence-electron chi connectivity index (χ2n) is 3.62. The lowest BCUT2D eigenvalue weighted by Crippen LogP contribution is -1.92. The minimum absolute atomic E-state index is 0.422. The van der Waals surface area contributed by atoms with Gasteiger partial charge >= 0.3 is 0 Å². The van der Waals surface area contributed by atoms with Gasteiger partial charge in [0.15, 0.2) is 0 Å². The first-order valence-electron chi connectivity index (χ1n) is 5.16. The van der Waals surface area contributed by atoms with Crippen LogP contribution in [0.15, 0.2) is 18.2 Å². The van der Waals surface area contributed by atoms with Gasteiger partial charge in [-0.1, -0.05) is 11.6 Å². The van der Waals surface area contributed by atoms with Crippen LogP contribution < -0.4 is 10.5 Å². The molecule has 3 nitrogen and oxygen atoms in total. The molecule has 0 radical (unpaired) electrons. The zero-order valence-electron chi connectivity index (χ0n) is 9.66. The van der Waals surface area contributed by atoms with E-state index in [0.717, 1.165) is 26.8 Å². The van der Waals surface area contributed by atoms with Gasteiger partial charge in [0.2, 0.25) is 0 Å². The maximum atomic E-state index is 5.99. The van der Waals surface area contributed by atoms with E-state index in [1.54, 1.807) is 7.11 Å². The fourth-order valence-electron chi connectivity index (χ4n) is 1.59. The molecule has 0 aliphatic heterocycles. The average molecular weight is 269 g/mol. The highest BCUT2D eigenvalue weighted by Gasteiger charge is 2.10. The predicted octanol–water partition coefficient (Wildman–Crippen LogP) is 3.24. The van der Waals surface area contributed by atoms with E-state index in [2.05, 4.69) is 4.98 Å². The third-order valence-electron chi connectivity index (χ3n) is 2.48. The van der Waals surface area contributed by atoms with E-state index in [1.807, 2.05) is 25.1 Å². The molecule has 0 fully saturated rings. The zero-order valence-corrected chi connectivity index (χ0v) is 11.2. The summed E-state index contributed by atoms with van der Waals surface area (Å²) in [5.41, 5.74) is 7.70. The van der Waals surface area contributed by atoms with Crippen molar-refractivity contribution >= 4 is 22.9 Å². The summed E-state index contributed by atoms with van der Waals surface area (Å²) in [6, 6.07) is 5.94. The summed E-state index contributed by atoms with van der Waals surface area (Å²) in [7, 11) is 1.66.